The van der Waals surface area contributed by atoms with E-state index in [4.69, 9.17) is 4.74 Å². The number of thioether (sulfide) groups is 1. The molecule has 2 bridgehead atoms. The highest BCUT2D eigenvalue weighted by atomic mass is 32.2. The molecule has 116 valence electrons. The van der Waals surface area contributed by atoms with E-state index in [9.17, 15) is 14.4 Å². The first kappa shape index (κ1) is 15.3. The molecule has 3 rings (SSSR count). The molecule has 2 aliphatic rings. The van der Waals surface area contributed by atoms with Crippen LogP contribution in [0, 0.1) is 17.8 Å². The van der Waals surface area contributed by atoms with Gasteiger partial charge in [0.15, 0.2) is 17.3 Å². The van der Waals surface area contributed by atoms with E-state index in [0.717, 1.165) is 17.7 Å². The average Bonchev–Trinajstić information content (AvgIpc) is 2.99. The monoisotopic (exact) mass is 318 g/mol. The highest BCUT2D eigenvalue weighted by molar-refractivity contribution is 7.98. The topological polar surface area (TPSA) is 60.4 Å². The largest absolute Gasteiger partial charge is 0.496 e. The fraction of sp³-hybridized carbons (Fsp3) is 0.471. The lowest BCUT2D eigenvalue weighted by atomic mass is 9.75. The van der Waals surface area contributed by atoms with Gasteiger partial charge in [0.2, 0.25) is 0 Å². The molecule has 0 saturated heterocycles. The van der Waals surface area contributed by atoms with Gasteiger partial charge in [0.05, 0.1) is 12.7 Å². The molecular weight excluding hydrogens is 300 g/mol. The molecule has 22 heavy (non-hydrogen) atoms. The Hall–Kier alpha value is -1.62. The number of ether oxygens (including phenoxy) is 1. The smallest absolute Gasteiger partial charge is 0.184 e. The Kier molecular flexibility index (Phi) is 4.08. The van der Waals surface area contributed by atoms with Crippen LogP contribution in [-0.2, 0) is 9.59 Å². The normalized spacial score (nSPS) is 27.1. The van der Waals surface area contributed by atoms with Gasteiger partial charge in [-0.15, -0.1) is 11.8 Å². The number of carbonyl (C=O) groups is 3. The van der Waals surface area contributed by atoms with Crippen LogP contribution in [0.5, 0.6) is 5.75 Å². The van der Waals surface area contributed by atoms with Crippen molar-refractivity contribution in [1.29, 1.82) is 0 Å². The molecule has 2 aliphatic carbocycles. The molecule has 4 nitrogen and oxygen atoms in total. The lowest BCUT2D eigenvalue weighted by Crippen LogP contribution is -2.41. The number of hydrogen-bond acceptors (Lipinski definition) is 5. The van der Waals surface area contributed by atoms with Gasteiger partial charge in [-0.3, -0.25) is 14.4 Å². The number of ketones is 3. The van der Waals surface area contributed by atoms with Gasteiger partial charge in [-0.05, 0) is 43.7 Å². The lowest BCUT2D eigenvalue weighted by molar-refractivity contribution is -0.137. The predicted octanol–water partition coefficient (Wildman–Crippen LogP) is 2.78. The molecule has 1 aromatic carbocycles. The van der Waals surface area contributed by atoms with E-state index in [1.165, 1.54) is 7.11 Å². The second-order valence-electron chi connectivity index (χ2n) is 5.88. The van der Waals surface area contributed by atoms with Gasteiger partial charge in [0, 0.05) is 16.7 Å². The molecule has 0 aromatic heterocycles. The minimum atomic E-state index is -1.12. The molecule has 0 radical (unpaired) electrons. The van der Waals surface area contributed by atoms with E-state index in [1.807, 2.05) is 12.3 Å². The molecule has 2 unspecified atom stereocenters. The maximum Gasteiger partial charge on any atom is 0.184 e. The van der Waals surface area contributed by atoms with Crippen molar-refractivity contribution in [2.45, 2.75) is 24.2 Å². The van der Waals surface area contributed by atoms with Crippen molar-refractivity contribution in [2.24, 2.45) is 17.8 Å². The van der Waals surface area contributed by atoms with Crippen LogP contribution in [0.25, 0.3) is 0 Å². The molecule has 2 saturated carbocycles. The third-order valence-corrected chi connectivity index (χ3v) is 5.47. The van der Waals surface area contributed by atoms with E-state index >= 15 is 0 Å². The zero-order chi connectivity index (χ0) is 15.9. The molecule has 5 heteroatoms. The van der Waals surface area contributed by atoms with E-state index in [0.29, 0.717) is 17.7 Å². The van der Waals surface area contributed by atoms with Crippen LogP contribution >= 0.6 is 11.8 Å². The fourth-order valence-electron chi connectivity index (χ4n) is 3.53. The Morgan fingerprint density at radius 1 is 1.18 bits per heavy atom. The maximum absolute atomic E-state index is 12.8. The van der Waals surface area contributed by atoms with Gasteiger partial charge in [0.25, 0.3) is 0 Å². The summed E-state index contributed by atoms with van der Waals surface area (Å²) >= 11 is 1.54. The van der Waals surface area contributed by atoms with Crippen LogP contribution in [0.1, 0.15) is 29.6 Å². The summed E-state index contributed by atoms with van der Waals surface area (Å²) in [4.78, 5) is 38.6. The second-order valence-corrected chi connectivity index (χ2v) is 6.75. The molecule has 0 N–H and O–H groups in total. The van der Waals surface area contributed by atoms with Crippen molar-refractivity contribution < 1.29 is 19.1 Å². The Labute approximate surface area is 133 Å². The van der Waals surface area contributed by atoms with Gasteiger partial charge >= 0.3 is 0 Å². The van der Waals surface area contributed by atoms with Gasteiger partial charge in [-0.2, -0.15) is 0 Å². The summed E-state index contributed by atoms with van der Waals surface area (Å²) in [6.07, 6.45) is 4.04. The summed E-state index contributed by atoms with van der Waals surface area (Å²) in [6, 6.07) is 5.24. The zero-order valence-electron chi connectivity index (χ0n) is 12.6. The number of hydrogen-bond donors (Lipinski definition) is 0. The molecule has 0 heterocycles. The van der Waals surface area contributed by atoms with Crippen molar-refractivity contribution >= 4 is 29.1 Å². The van der Waals surface area contributed by atoms with Gasteiger partial charge < -0.3 is 4.74 Å². The van der Waals surface area contributed by atoms with Crippen LogP contribution < -0.4 is 4.74 Å². The Balaban J connectivity index is 1.97. The summed E-state index contributed by atoms with van der Waals surface area (Å²) in [7, 11) is 1.49. The van der Waals surface area contributed by atoms with Crippen molar-refractivity contribution in [1.82, 2.24) is 0 Å². The number of carbonyl (C=O) groups excluding carboxylic acids is 3. The summed E-state index contributed by atoms with van der Waals surface area (Å²) in [5.41, 5.74) is 0.327. The highest BCUT2D eigenvalue weighted by Gasteiger charge is 2.50. The molecule has 1 aromatic rings. The van der Waals surface area contributed by atoms with Crippen molar-refractivity contribution in [3.63, 3.8) is 0 Å². The predicted molar refractivity (Wildman–Crippen MR) is 83.4 cm³/mol. The number of fused-ring (bicyclic) bond motifs is 2. The average molecular weight is 318 g/mol. The van der Waals surface area contributed by atoms with E-state index in [2.05, 4.69) is 0 Å². The summed E-state index contributed by atoms with van der Waals surface area (Å²) < 4.78 is 5.28. The number of benzene rings is 1. The summed E-state index contributed by atoms with van der Waals surface area (Å²) in [5.74, 6) is -1.73. The first-order valence-electron chi connectivity index (χ1n) is 7.40. The molecule has 2 fully saturated rings. The molecule has 0 amide bonds. The van der Waals surface area contributed by atoms with Crippen LogP contribution in [-0.4, -0.2) is 30.7 Å². The number of Topliss-reactive ketones (excluding diaryl/α,β-unsaturated/α-hetero) is 3. The van der Waals surface area contributed by atoms with Crippen LogP contribution in [0.2, 0.25) is 0 Å². The highest BCUT2D eigenvalue weighted by Crippen LogP contribution is 2.42. The molecular formula is C17H18O4S. The Bertz CT molecular complexity index is 630. The number of rotatable bonds is 4. The van der Waals surface area contributed by atoms with Crippen molar-refractivity contribution in [3.05, 3.63) is 23.8 Å². The minimum absolute atomic E-state index is 0.117. The van der Waals surface area contributed by atoms with E-state index < -0.39 is 11.7 Å². The third-order valence-electron chi connectivity index (χ3n) is 4.74. The summed E-state index contributed by atoms with van der Waals surface area (Å²) in [5, 5.41) is 0. The van der Waals surface area contributed by atoms with Gasteiger partial charge in [-0.1, -0.05) is 0 Å². The molecule has 0 spiro atoms. The van der Waals surface area contributed by atoms with Crippen LogP contribution in [0.4, 0.5) is 0 Å². The third kappa shape index (κ3) is 2.37. The molecule has 2 atom stereocenters. The summed E-state index contributed by atoms with van der Waals surface area (Å²) in [6.45, 7) is 0. The SMILES string of the molecule is COc1cc(SC)ccc1C(=O)C1C(=O)C2CCC(C2)C1=O. The van der Waals surface area contributed by atoms with Gasteiger partial charge in [0.1, 0.15) is 11.7 Å². The Morgan fingerprint density at radius 2 is 1.82 bits per heavy atom. The second kappa shape index (κ2) is 5.88. The van der Waals surface area contributed by atoms with E-state index in [1.54, 1.807) is 23.9 Å². The lowest BCUT2D eigenvalue weighted by Gasteiger charge is -2.24. The van der Waals surface area contributed by atoms with Gasteiger partial charge in [-0.25, -0.2) is 0 Å². The van der Waals surface area contributed by atoms with Crippen molar-refractivity contribution in [3.8, 4) is 5.75 Å². The fourth-order valence-corrected chi connectivity index (χ4v) is 3.95. The zero-order valence-corrected chi connectivity index (χ0v) is 13.4. The Morgan fingerprint density at radius 3 is 2.36 bits per heavy atom. The van der Waals surface area contributed by atoms with E-state index in [-0.39, 0.29) is 23.4 Å². The quantitative estimate of drug-likeness (QED) is 0.485. The standard InChI is InChI=1S/C17H18O4S/c1-21-13-8-11(22-2)5-6-12(13)17(20)14-15(18)9-3-4-10(7-9)16(14)19/h5-6,8-10,14H,3-4,7H2,1-2H3. The van der Waals surface area contributed by atoms with Crippen molar-refractivity contribution in [2.75, 3.05) is 13.4 Å². The maximum atomic E-state index is 12.8. The first-order valence-corrected chi connectivity index (χ1v) is 8.63. The molecule has 0 aliphatic heterocycles. The first-order chi connectivity index (χ1) is 10.6. The number of methoxy groups -OCH3 is 1. The van der Waals surface area contributed by atoms with Crippen LogP contribution in [0.15, 0.2) is 23.1 Å². The van der Waals surface area contributed by atoms with Crippen LogP contribution in [0.3, 0.4) is 0 Å². The minimum Gasteiger partial charge on any atom is -0.496 e.